The standard InChI is InChI=1S/C19H15Cl2N7O4/c1-31-14-9-13(28(25-14)17-11(20)4-3-6-22-17)18(29)24-15-12(21)8-10-5-7-23-27(10)16(15)19(30)26-32-2/h3-9H,1-2H3,(H,24,29)(H,26,30). The van der Waals surface area contributed by atoms with Gasteiger partial charge in [0.15, 0.2) is 11.5 Å². The lowest BCUT2D eigenvalue weighted by molar-refractivity contribution is 0.0531. The van der Waals surface area contributed by atoms with Gasteiger partial charge in [-0.1, -0.05) is 23.2 Å². The molecule has 0 saturated carbocycles. The second-order valence-corrected chi connectivity index (χ2v) is 7.08. The Hall–Kier alpha value is -3.67. The zero-order chi connectivity index (χ0) is 22.8. The van der Waals surface area contributed by atoms with E-state index in [0.717, 1.165) is 0 Å². The molecule has 0 aliphatic carbocycles. The van der Waals surface area contributed by atoms with Gasteiger partial charge in [-0.25, -0.2) is 19.7 Å². The van der Waals surface area contributed by atoms with Crippen LogP contribution >= 0.6 is 23.2 Å². The molecule has 4 rings (SSSR count). The number of carbonyl (C=O) groups excluding carboxylic acids is 2. The van der Waals surface area contributed by atoms with Crippen LogP contribution in [0.15, 0.2) is 42.7 Å². The molecule has 164 valence electrons. The number of methoxy groups -OCH3 is 1. The van der Waals surface area contributed by atoms with Gasteiger partial charge in [0.1, 0.15) is 5.69 Å². The summed E-state index contributed by atoms with van der Waals surface area (Å²) in [7, 11) is 2.69. The Kier molecular flexibility index (Phi) is 5.95. The number of hydrogen-bond donors (Lipinski definition) is 2. The quantitative estimate of drug-likeness (QED) is 0.410. The highest BCUT2D eigenvalue weighted by molar-refractivity contribution is 6.35. The van der Waals surface area contributed by atoms with Gasteiger partial charge in [-0.05, 0) is 24.3 Å². The lowest BCUT2D eigenvalue weighted by atomic mass is 10.2. The number of amides is 2. The molecule has 2 amide bonds. The van der Waals surface area contributed by atoms with Crippen molar-refractivity contribution < 1.29 is 19.2 Å². The number of aromatic nitrogens is 5. The second kappa shape index (κ2) is 8.83. The Morgan fingerprint density at radius 3 is 2.59 bits per heavy atom. The summed E-state index contributed by atoms with van der Waals surface area (Å²) in [6.07, 6.45) is 3.00. The highest BCUT2D eigenvalue weighted by Crippen LogP contribution is 2.30. The number of anilines is 1. The van der Waals surface area contributed by atoms with E-state index in [1.807, 2.05) is 0 Å². The maximum absolute atomic E-state index is 13.3. The van der Waals surface area contributed by atoms with Crippen molar-refractivity contribution in [2.45, 2.75) is 0 Å². The molecule has 0 saturated heterocycles. The number of halogens is 2. The number of fused-ring (bicyclic) bond motifs is 1. The maximum atomic E-state index is 13.3. The third kappa shape index (κ3) is 3.84. The summed E-state index contributed by atoms with van der Waals surface area (Å²) >= 11 is 12.6. The molecular formula is C19H15Cl2N7O4. The number of rotatable bonds is 6. The topological polar surface area (TPSA) is 125 Å². The van der Waals surface area contributed by atoms with Crippen LogP contribution in [0.5, 0.6) is 5.88 Å². The molecule has 0 aliphatic heterocycles. The average molecular weight is 476 g/mol. The summed E-state index contributed by atoms with van der Waals surface area (Å²) < 4.78 is 7.71. The lowest BCUT2D eigenvalue weighted by Crippen LogP contribution is -2.27. The molecule has 4 heterocycles. The van der Waals surface area contributed by atoms with Crippen LogP contribution in [0, 0.1) is 0 Å². The molecule has 0 bridgehead atoms. The van der Waals surface area contributed by atoms with Gasteiger partial charge < -0.3 is 10.1 Å². The molecular weight excluding hydrogens is 461 g/mol. The molecule has 13 heteroatoms. The summed E-state index contributed by atoms with van der Waals surface area (Å²) in [6, 6.07) is 7.86. The Morgan fingerprint density at radius 2 is 1.88 bits per heavy atom. The fourth-order valence-electron chi connectivity index (χ4n) is 2.99. The highest BCUT2D eigenvalue weighted by Gasteiger charge is 2.25. The van der Waals surface area contributed by atoms with Gasteiger partial charge in [-0.3, -0.25) is 14.4 Å². The Morgan fingerprint density at radius 1 is 1.06 bits per heavy atom. The van der Waals surface area contributed by atoms with Crippen LogP contribution in [0.1, 0.15) is 21.0 Å². The number of nitrogens with one attached hydrogen (secondary N) is 2. The van der Waals surface area contributed by atoms with E-state index in [1.54, 1.807) is 24.3 Å². The van der Waals surface area contributed by atoms with Crippen LogP contribution in [0.4, 0.5) is 5.69 Å². The van der Waals surface area contributed by atoms with Crippen molar-refractivity contribution in [3.8, 4) is 11.7 Å². The maximum Gasteiger partial charge on any atom is 0.295 e. The van der Waals surface area contributed by atoms with Crippen LogP contribution in [0.25, 0.3) is 11.3 Å². The first-order valence-electron chi connectivity index (χ1n) is 9.00. The summed E-state index contributed by atoms with van der Waals surface area (Å²) in [5, 5.41) is 11.4. The Bertz CT molecular complexity index is 1330. The molecule has 2 N–H and O–H groups in total. The molecule has 0 radical (unpaired) electrons. The van der Waals surface area contributed by atoms with Crippen molar-refractivity contribution in [1.82, 2.24) is 29.9 Å². The van der Waals surface area contributed by atoms with Gasteiger partial charge in [-0.2, -0.15) is 5.10 Å². The van der Waals surface area contributed by atoms with E-state index in [0.29, 0.717) is 5.52 Å². The van der Waals surface area contributed by atoms with Gasteiger partial charge in [0, 0.05) is 12.3 Å². The minimum atomic E-state index is -0.669. The molecule has 4 aromatic rings. The first-order valence-corrected chi connectivity index (χ1v) is 9.76. The fourth-order valence-corrected chi connectivity index (χ4v) is 3.44. The summed E-state index contributed by atoms with van der Waals surface area (Å²) in [4.78, 5) is 34.8. The van der Waals surface area contributed by atoms with E-state index in [1.165, 1.54) is 41.9 Å². The van der Waals surface area contributed by atoms with Gasteiger partial charge in [-0.15, -0.1) is 5.10 Å². The number of carbonyl (C=O) groups is 2. The summed E-state index contributed by atoms with van der Waals surface area (Å²) in [5.74, 6) is -0.948. The molecule has 4 aromatic heterocycles. The highest BCUT2D eigenvalue weighted by atomic mass is 35.5. The summed E-state index contributed by atoms with van der Waals surface area (Å²) in [6.45, 7) is 0. The largest absolute Gasteiger partial charge is 0.480 e. The van der Waals surface area contributed by atoms with Crippen molar-refractivity contribution >= 4 is 46.2 Å². The average Bonchev–Trinajstić information content (AvgIpc) is 3.41. The Labute approximate surface area is 190 Å². The third-order valence-electron chi connectivity index (χ3n) is 4.35. The van der Waals surface area contributed by atoms with E-state index in [9.17, 15) is 9.59 Å². The number of hydrogen-bond acceptors (Lipinski definition) is 7. The van der Waals surface area contributed by atoms with Crippen molar-refractivity contribution in [2.24, 2.45) is 0 Å². The van der Waals surface area contributed by atoms with E-state index < -0.39 is 11.8 Å². The summed E-state index contributed by atoms with van der Waals surface area (Å²) in [5.41, 5.74) is 2.76. The number of pyridine rings is 2. The van der Waals surface area contributed by atoms with Gasteiger partial charge >= 0.3 is 0 Å². The molecule has 0 atom stereocenters. The van der Waals surface area contributed by atoms with E-state index >= 15 is 0 Å². The van der Waals surface area contributed by atoms with Gasteiger partial charge in [0.2, 0.25) is 5.88 Å². The van der Waals surface area contributed by atoms with Crippen LogP contribution in [-0.2, 0) is 4.84 Å². The van der Waals surface area contributed by atoms with E-state index in [4.69, 9.17) is 32.8 Å². The minimum absolute atomic E-state index is 0.0150. The number of hydroxylamine groups is 1. The van der Waals surface area contributed by atoms with E-state index in [-0.39, 0.29) is 38.8 Å². The normalized spacial score (nSPS) is 10.9. The van der Waals surface area contributed by atoms with Crippen molar-refractivity contribution in [3.05, 3.63) is 64.2 Å². The second-order valence-electron chi connectivity index (χ2n) is 6.27. The minimum Gasteiger partial charge on any atom is -0.480 e. The number of nitrogens with zero attached hydrogens (tertiary/aromatic N) is 5. The SMILES string of the molecule is CONC(=O)c1c(NC(=O)c2cc(OC)nn2-c2ncccc2Cl)c(Cl)cc2ccnn12. The molecule has 0 aromatic carbocycles. The predicted molar refractivity (Wildman–Crippen MR) is 116 cm³/mol. The molecule has 11 nitrogen and oxygen atoms in total. The van der Waals surface area contributed by atoms with Crippen LogP contribution in [-0.4, -0.2) is 50.4 Å². The molecule has 0 fully saturated rings. The number of ether oxygens (including phenoxy) is 1. The van der Waals surface area contributed by atoms with Crippen molar-refractivity contribution in [1.29, 1.82) is 0 Å². The van der Waals surface area contributed by atoms with Crippen LogP contribution in [0.3, 0.4) is 0 Å². The zero-order valence-electron chi connectivity index (χ0n) is 16.7. The van der Waals surface area contributed by atoms with E-state index in [2.05, 4.69) is 26.0 Å². The smallest absolute Gasteiger partial charge is 0.295 e. The fraction of sp³-hybridized carbons (Fsp3) is 0.105. The Balaban J connectivity index is 1.81. The van der Waals surface area contributed by atoms with Crippen molar-refractivity contribution in [3.63, 3.8) is 0 Å². The van der Waals surface area contributed by atoms with Crippen LogP contribution in [0.2, 0.25) is 10.0 Å². The predicted octanol–water partition coefficient (Wildman–Crippen LogP) is 2.77. The lowest BCUT2D eigenvalue weighted by Gasteiger charge is -2.14. The first-order chi connectivity index (χ1) is 15.4. The third-order valence-corrected chi connectivity index (χ3v) is 4.94. The monoisotopic (exact) mass is 475 g/mol. The molecule has 0 aliphatic rings. The van der Waals surface area contributed by atoms with Gasteiger partial charge in [0.25, 0.3) is 11.8 Å². The van der Waals surface area contributed by atoms with Gasteiger partial charge in [0.05, 0.1) is 41.7 Å². The first kappa shape index (κ1) is 21.6. The zero-order valence-corrected chi connectivity index (χ0v) is 18.2. The molecule has 32 heavy (non-hydrogen) atoms. The van der Waals surface area contributed by atoms with Crippen molar-refractivity contribution in [2.75, 3.05) is 19.5 Å². The molecule has 0 spiro atoms. The molecule has 0 unspecified atom stereocenters. The van der Waals surface area contributed by atoms with Crippen LogP contribution < -0.4 is 15.5 Å².